The molecule has 0 aromatic rings. The molecule has 0 fully saturated rings. The highest BCUT2D eigenvalue weighted by Crippen LogP contribution is 2.05. The Hall–Kier alpha value is -2.38. The van der Waals surface area contributed by atoms with E-state index in [4.69, 9.17) is 37.7 Å². The molecule has 0 rings (SSSR count). The van der Waals surface area contributed by atoms with Crippen LogP contribution in [0.25, 0.3) is 0 Å². The summed E-state index contributed by atoms with van der Waals surface area (Å²) >= 11 is 0. The smallest absolute Gasteiger partial charge is 0.417 e. The molecule has 20 nitrogen and oxygen atoms in total. The zero-order valence-corrected chi connectivity index (χ0v) is 22.9. The Morgan fingerprint density at radius 1 is 0.385 bits per heavy atom. The minimum Gasteiger partial charge on any atom is -0.417 e. The molecule has 0 amide bonds. The molecule has 0 bridgehead atoms. The Balaban J connectivity index is 3.39. The Morgan fingerprint density at radius 3 is 1.05 bits per heavy atom. The Morgan fingerprint density at radius 2 is 0.692 bits per heavy atom. The Kier molecular flexibility index (Phi) is 26.9. The minimum atomic E-state index is -1.35. The van der Waals surface area contributed by atoms with E-state index in [1.165, 1.54) is 0 Å². The van der Waals surface area contributed by atoms with Crippen molar-refractivity contribution in [3.63, 3.8) is 0 Å². The maximum absolute atomic E-state index is 11.3. The highest BCUT2D eigenvalue weighted by atomic mass is 31.1. The zero-order valence-electron chi connectivity index (χ0n) is 20.9. The summed E-state index contributed by atoms with van der Waals surface area (Å²) in [5, 5.41) is 0. The molecule has 2 unspecified atom stereocenters. The molecule has 0 N–H and O–H groups in total. The monoisotopic (exact) mass is 616 g/mol. The second-order valence-corrected chi connectivity index (χ2v) is 6.70. The SMILES string of the molecule is CPOCOCOCOCOCOCOCOCOC(=O)OCOC(=O)OCOC(=O)OCOC(=O)OPC. The second kappa shape index (κ2) is 28.6. The fraction of sp³-hybridized carbons (Fsp3) is 0.765. The van der Waals surface area contributed by atoms with Gasteiger partial charge in [0.15, 0.2) is 54.3 Å². The van der Waals surface area contributed by atoms with Crippen LogP contribution in [0.15, 0.2) is 0 Å². The molecular weight excluding hydrogens is 586 g/mol. The van der Waals surface area contributed by atoms with E-state index >= 15 is 0 Å². The maximum Gasteiger partial charge on any atom is 0.514 e. The molecule has 0 saturated heterocycles. The van der Waals surface area contributed by atoms with Crippen LogP contribution in [-0.4, -0.2) is 113 Å². The van der Waals surface area contributed by atoms with Gasteiger partial charge < -0.3 is 75.4 Å². The lowest BCUT2D eigenvalue weighted by atomic mass is 11.2. The fourth-order valence-electron chi connectivity index (χ4n) is 1.40. The predicted octanol–water partition coefficient (Wildman–Crippen LogP) is 1.71. The second-order valence-electron chi connectivity index (χ2n) is 5.39. The highest BCUT2D eigenvalue weighted by Gasteiger charge is 2.11. The summed E-state index contributed by atoms with van der Waals surface area (Å²) in [5.41, 5.74) is 0. The van der Waals surface area contributed by atoms with Crippen LogP contribution < -0.4 is 0 Å². The van der Waals surface area contributed by atoms with Crippen LogP contribution in [0.3, 0.4) is 0 Å². The molecule has 0 aliphatic carbocycles. The van der Waals surface area contributed by atoms with Gasteiger partial charge in [0.1, 0.15) is 0 Å². The first kappa shape index (κ1) is 36.6. The van der Waals surface area contributed by atoms with Crippen LogP contribution in [0.4, 0.5) is 19.2 Å². The molecule has 0 saturated carbocycles. The number of carbonyl (C=O) groups excluding carboxylic acids is 4. The van der Waals surface area contributed by atoms with Crippen molar-refractivity contribution < 1.29 is 94.5 Å². The lowest BCUT2D eigenvalue weighted by molar-refractivity contribution is -0.222. The van der Waals surface area contributed by atoms with E-state index in [0.29, 0.717) is 8.81 Å². The number of ether oxygens (including phenoxy) is 14. The summed E-state index contributed by atoms with van der Waals surface area (Å²) in [7, 11) is 0.189. The van der Waals surface area contributed by atoms with E-state index in [1.54, 1.807) is 6.66 Å². The summed E-state index contributed by atoms with van der Waals surface area (Å²) < 4.78 is 74.5. The number of hydrogen-bond donors (Lipinski definition) is 0. The Labute approximate surface area is 225 Å². The standard InChI is InChI=1S/C17H30O20P2/c1-38-36-10-28-8-26-6-24-4-22-3-23-5-25-7-27-9-29-14(18)30-11-31-15(19)32-12-33-16(20)34-13-35-17(21)37-39-2/h38-39H,3-13H2,1-2H3. The fourth-order valence-corrected chi connectivity index (χ4v) is 1.82. The van der Waals surface area contributed by atoms with Crippen LogP contribution >= 0.6 is 17.6 Å². The molecule has 0 radical (unpaired) electrons. The van der Waals surface area contributed by atoms with Crippen LogP contribution in [0, 0.1) is 0 Å². The van der Waals surface area contributed by atoms with Crippen molar-refractivity contribution in [2.75, 3.05) is 88.1 Å². The van der Waals surface area contributed by atoms with E-state index in [9.17, 15) is 19.2 Å². The number of rotatable bonds is 24. The first-order valence-corrected chi connectivity index (χ1v) is 13.0. The molecule has 0 aromatic heterocycles. The molecule has 2 atom stereocenters. The third-order valence-corrected chi connectivity index (χ3v) is 3.57. The van der Waals surface area contributed by atoms with Crippen molar-refractivity contribution in [1.82, 2.24) is 0 Å². The lowest BCUT2D eigenvalue weighted by Crippen LogP contribution is -2.19. The van der Waals surface area contributed by atoms with Crippen LogP contribution in [0.2, 0.25) is 0 Å². The van der Waals surface area contributed by atoms with Crippen molar-refractivity contribution in [3.05, 3.63) is 0 Å². The van der Waals surface area contributed by atoms with Crippen LogP contribution in [0.1, 0.15) is 0 Å². The van der Waals surface area contributed by atoms with Gasteiger partial charge >= 0.3 is 24.6 Å². The molecule has 228 valence electrons. The molecule has 0 aromatic carbocycles. The van der Waals surface area contributed by atoms with E-state index in [0.717, 1.165) is 0 Å². The van der Waals surface area contributed by atoms with Crippen LogP contribution in [0.5, 0.6) is 0 Å². The normalized spacial score (nSPS) is 10.9. The highest BCUT2D eigenvalue weighted by molar-refractivity contribution is 7.31. The summed E-state index contributed by atoms with van der Waals surface area (Å²) in [6.07, 6.45) is -4.94. The maximum atomic E-state index is 11.3. The van der Waals surface area contributed by atoms with E-state index in [1.807, 2.05) is 6.66 Å². The summed E-state index contributed by atoms with van der Waals surface area (Å²) in [6, 6.07) is 0. The van der Waals surface area contributed by atoms with Crippen LogP contribution in [-0.2, 0) is 75.4 Å². The Bertz CT molecular complexity index is 639. The van der Waals surface area contributed by atoms with Gasteiger partial charge in [0.2, 0.25) is 20.4 Å². The molecule has 39 heavy (non-hydrogen) atoms. The van der Waals surface area contributed by atoms with Crippen molar-refractivity contribution in [1.29, 1.82) is 0 Å². The van der Waals surface area contributed by atoms with Crippen molar-refractivity contribution in [3.8, 4) is 0 Å². The molecule has 22 heteroatoms. The lowest BCUT2D eigenvalue weighted by Gasteiger charge is -2.09. The van der Waals surface area contributed by atoms with E-state index < -0.39 is 51.8 Å². The van der Waals surface area contributed by atoms with E-state index in [2.05, 4.69) is 37.7 Å². The summed E-state index contributed by atoms with van der Waals surface area (Å²) in [4.78, 5) is 44.5. The molecule has 0 aliphatic heterocycles. The van der Waals surface area contributed by atoms with Gasteiger partial charge in [0.25, 0.3) is 0 Å². The molecular formula is C17H30O20P2. The molecule has 0 aliphatic rings. The van der Waals surface area contributed by atoms with E-state index in [-0.39, 0.29) is 56.4 Å². The van der Waals surface area contributed by atoms with Crippen molar-refractivity contribution in [2.24, 2.45) is 0 Å². The van der Waals surface area contributed by atoms with Gasteiger partial charge in [0.05, 0.1) is 8.81 Å². The van der Waals surface area contributed by atoms with Gasteiger partial charge in [-0.3, -0.25) is 0 Å². The third kappa shape index (κ3) is 28.4. The van der Waals surface area contributed by atoms with Gasteiger partial charge in [-0.2, -0.15) is 0 Å². The van der Waals surface area contributed by atoms with Gasteiger partial charge in [-0.25, -0.2) is 19.2 Å². The molecule has 0 heterocycles. The first-order valence-electron chi connectivity index (χ1n) is 10.2. The average molecular weight is 616 g/mol. The third-order valence-electron chi connectivity index (χ3n) is 2.79. The predicted molar refractivity (Wildman–Crippen MR) is 121 cm³/mol. The van der Waals surface area contributed by atoms with Crippen molar-refractivity contribution in [2.45, 2.75) is 0 Å². The topological polar surface area (TPSA) is 216 Å². The quantitative estimate of drug-likeness (QED) is 0.0496. The van der Waals surface area contributed by atoms with Gasteiger partial charge in [0, 0.05) is 8.81 Å². The zero-order chi connectivity index (χ0) is 28.8. The largest absolute Gasteiger partial charge is 0.514 e. The van der Waals surface area contributed by atoms with Gasteiger partial charge in [-0.15, -0.1) is 0 Å². The number of carbonyl (C=O) groups is 4. The molecule has 0 spiro atoms. The van der Waals surface area contributed by atoms with Gasteiger partial charge in [-0.05, 0) is 13.3 Å². The average Bonchev–Trinajstić information content (AvgIpc) is 2.90. The minimum absolute atomic E-state index is 0.0236. The summed E-state index contributed by atoms with van der Waals surface area (Å²) in [6.45, 7) is -0.219. The first-order chi connectivity index (χ1) is 19.0. The summed E-state index contributed by atoms with van der Waals surface area (Å²) in [5.74, 6) is 0. The van der Waals surface area contributed by atoms with Gasteiger partial charge in [-0.1, -0.05) is 0 Å². The number of hydrogen-bond acceptors (Lipinski definition) is 20. The van der Waals surface area contributed by atoms with Crippen molar-refractivity contribution >= 4 is 42.2 Å².